The third kappa shape index (κ3) is 5.01. The summed E-state index contributed by atoms with van der Waals surface area (Å²) in [4.78, 5) is 15.3. The van der Waals surface area contributed by atoms with Gasteiger partial charge in [-0.2, -0.15) is 0 Å². The van der Waals surface area contributed by atoms with Crippen molar-refractivity contribution in [3.05, 3.63) is 182 Å². The summed E-state index contributed by atoms with van der Waals surface area (Å²) >= 11 is 1.50. The highest BCUT2D eigenvalue weighted by molar-refractivity contribution is 7.26. The van der Waals surface area contributed by atoms with Crippen LogP contribution in [0.25, 0.3) is 104 Å². The second-order valence-corrected chi connectivity index (χ2v) is 13.9. The summed E-state index contributed by atoms with van der Waals surface area (Å²) in [5.74, 6) is 1.16. The number of para-hydroxylation sites is 1. The van der Waals surface area contributed by atoms with Crippen molar-refractivity contribution >= 4 is 64.1 Å². The standard InChI is InChI=1S/C49H30N4S/c1-3-13-31(14-4-1)32-23-25-34(26-24-32)48-50-47(33-15-5-2-6-16-33)51-49(52-48)41-29-37(30-45-46(41)39-20-10-12-22-44(39)54-45)53-42-21-11-9-19-38(42)40-27-35-17-7-8-18-36(35)28-43(40)53/h1-30H/i7D,8D,9D,11D,17D,18D,19D,21D,27D,28D. The summed E-state index contributed by atoms with van der Waals surface area (Å²) in [5, 5.41) is 1.28. The first-order chi connectivity index (χ1) is 30.9. The van der Waals surface area contributed by atoms with Crippen molar-refractivity contribution in [2.75, 3.05) is 0 Å². The van der Waals surface area contributed by atoms with E-state index in [1.165, 1.54) is 15.9 Å². The van der Waals surface area contributed by atoms with Crippen LogP contribution in [0.3, 0.4) is 0 Å². The van der Waals surface area contributed by atoms with E-state index < -0.39 is 48.3 Å². The van der Waals surface area contributed by atoms with Gasteiger partial charge in [-0.3, -0.25) is 0 Å². The van der Waals surface area contributed by atoms with Gasteiger partial charge in [0.1, 0.15) is 0 Å². The summed E-state index contributed by atoms with van der Waals surface area (Å²) in [6.07, 6.45) is 0. The summed E-state index contributed by atoms with van der Waals surface area (Å²) in [6.45, 7) is 0. The van der Waals surface area contributed by atoms with Crippen LogP contribution in [-0.4, -0.2) is 19.5 Å². The molecule has 4 nitrogen and oxygen atoms in total. The molecule has 11 aromatic rings. The lowest BCUT2D eigenvalue weighted by atomic mass is 10.0. The number of rotatable bonds is 5. The Hall–Kier alpha value is -6.95. The third-order valence-corrected chi connectivity index (χ3v) is 10.8. The van der Waals surface area contributed by atoms with Gasteiger partial charge in [0.05, 0.1) is 24.7 Å². The van der Waals surface area contributed by atoms with Gasteiger partial charge < -0.3 is 4.57 Å². The Bertz CT molecular complexity index is 3780. The number of nitrogens with zero attached hydrogens (tertiary/aromatic N) is 4. The van der Waals surface area contributed by atoms with Crippen molar-refractivity contribution in [1.82, 2.24) is 19.5 Å². The van der Waals surface area contributed by atoms with E-state index >= 15 is 0 Å². The lowest BCUT2D eigenvalue weighted by Gasteiger charge is -2.14. The molecule has 0 aliphatic rings. The molecule has 0 radical (unpaired) electrons. The van der Waals surface area contributed by atoms with Gasteiger partial charge in [0.2, 0.25) is 0 Å². The zero-order chi connectivity index (χ0) is 44.3. The van der Waals surface area contributed by atoms with E-state index in [9.17, 15) is 4.11 Å². The van der Waals surface area contributed by atoms with Crippen molar-refractivity contribution in [2.45, 2.75) is 0 Å². The van der Waals surface area contributed by atoms with Crippen LogP contribution in [0.4, 0.5) is 0 Å². The smallest absolute Gasteiger partial charge is 0.164 e. The maximum absolute atomic E-state index is 9.69. The fourth-order valence-corrected chi connectivity index (χ4v) is 8.33. The van der Waals surface area contributed by atoms with Crippen molar-refractivity contribution in [3.8, 4) is 51.0 Å². The number of hydrogen-bond donors (Lipinski definition) is 0. The Balaban J connectivity index is 1.27. The van der Waals surface area contributed by atoms with Gasteiger partial charge in [0, 0.05) is 53.3 Å². The third-order valence-electron chi connectivity index (χ3n) is 9.66. The average molecular weight is 717 g/mol. The van der Waals surface area contributed by atoms with E-state index in [0.717, 1.165) is 42.4 Å². The molecule has 0 N–H and O–H groups in total. The Morgan fingerprint density at radius 2 is 1.06 bits per heavy atom. The molecule has 0 bridgehead atoms. The summed E-state index contributed by atoms with van der Waals surface area (Å²) in [5.41, 5.74) is 4.52. The average Bonchev–Trinajstić information content (AvgIpc) is 3.90. The molecule has 0 saturated heterocycles. The van der Waals surface area contributed by atoms with Gasteiger partial charge in [0.25, 0.3) is 0 Å². The maximum Gasteiger partial charge on any atom is 0.164 e. The van der Waals surface area contributed by atoms with Gasteiger partial charge >= 0.3 is 0 Å². The van der Waals surface area contributed by atoms with Crippen LogP contribution >= 0.6 is 11.3 Å². The Morgan fingerprint density at radius 1 is 0.463 bits per heavy atom. The monoisotopic (exact) mass is 716 g/mol. The molecule has 0 unspecified atom stereocenters. The van der Waals surface area contributed by atoms with Crippen LogP contribution < -0.4 is 0 Å². The molecule has 0 saturated carbocycles. The van der Waals surface area contributed by atoms with Crippen molar-refractivity contribution in [3.63, 3.8) is 0 Å². The van der Waals surface area contributed by atoms with Crippen LogP contribution in [0.5, 0.6) is 0 Å². The number of fused-ring (bicyclic) bond motifs is 7. The number of thiophene rings is 1. The lowest BCUT2D eigenvalue weighted by molar-refractivity contribution is 1.07. The van der Waals surface area contributed by atoms with Crippen molar-refractivity contribution in [2.24, 2.45) is 0 Å². The number of benzene rings is 8. The quantitative estimate of drug-likeness (QED) is 0.178. The summed E-state index contributed by atoms with van der Waals surface area (Å²) in [7, 11) is 0. The molecule has 8 aromatic carbocycles. The van der Waals surface area contributed by atoms with Gasteiger partial charge in [-0.15, -0.1) is 11.3 Å². The summed E-state index contributed by atoms with van der Waals surface area (Å²) < 4.78 is 93.0. The SMILES string of the molecule is [2H]c1c([2H])c([2H])c2c([2H])c3c(c([2H])c2c1[2H])c1c([2H])c([2H])c([2H])c([2H])c1n3-c1cc(-c2nc(-c3ccccc3)nc(-c3ccc(-c4ccccc4)cc3)n2)c2c(c1)sc1ccccc12. The van der Waals surface area contributed by atoms with Crippen LogP contribution in [0.1, 0.15) is 13.7 Å². The fraction of sp³-hybridized carbons (Fsp3) is 0. The van der Waals surface area contributed by atoms with E-state index in [2.05, 4.69) is 0 Å². The van der Waals surface area contributed by atoms with Crippen LogP contribution in [0.15, 0.2) is 182 Å². The molecule has 0 spiro atoms. The molecule has 3 aromatic heterocycles. The number of hydrogen-bond acceptors (Lipinski definition) is 4. The highest BCUT2D eigenvalue weighted by Gasteiger charge is 2.21. The first kappa shape index (κ1) is 22.2. The van der Waals surface area contributed by atoms with E-state index in [4.69, 9.17) is 24.5 Å². The fourth-order valence-electron chi connectivity index (χ4n) is 7.17. The molecular weight excluding hydrogens is 677 g/mol. The zero-order valence-corrected chi connectivity index (χ0v) is 29.1. The molecule has 5 heteroatoms. The largest absolute Gasteiger partial charge is 0.309 e. The molecular formula is C49H30N4S. The first-order valence-corrected chi connectivity index (χ1v) is 18.1. The normalized spacial score (nSPS) is 14.3. The topological polar surface area (TPSA) is 43.6 Å². The lowest BCUT2D eigenvalue weighted by Crippen LogP contribution is -2.01. The van der Waals surface area contributed by atoms with Gasteiger partial charge in [-0.25, -0.2) is 15.0 Å². The predicted octanol–water partition coefficient (Wildman–Crippen LogP) is 13.2. The van der Waals surface area contributed by atoms with Gasteiger partial charge in [-0.05, 0) is 58.2 Å². The molecule has 0 aliphatic carbocycles. The molecule has 11 rings (SSSR count). The maximum atomic E-state index is 9.69. The number of aromatic nitrogens is 4. The minimum atomic E-state index is -0.575. The second kappa shape index (κ2) is 12.3. The highest BCUT2D eigenvalue weighted by Crippen LogP contribution is 2.43. The molecule has 0 amide bonds. The summed E-state index contributed by atoms with van der Waals surface area (Å²) in [6, 6.07) is 34.4. The second-order valence-electron chi connectivity index (χ2n) is 12.9. The van der Waals surface area contributed by atoms with E-state index in [1.54, 1.807) is 0 Å². The van der Waals surface area contributed by atoms with E-state index in [0.29, 0.717) is 28.7 Å². The van der Waals surface area contributed by atoms with Crippen molar-refractivity contribution in [1.29, 1.82) is 0 Å². The van der Waals surface area contributed by atoms with Crippen LogP contribution in [0.2, 0.25) is 0 Å². The predicted molar refractivity (Wildman–Crippen MR) is 226 cm³/mol. The Labute approximate surface area is 329 Å². The van der Waals surface area contributed by atoms with Crippen molar-refractivity contribution < 1.29 is 13.7 Å². The minimum Gasteiger partial charge on any atom is -0.309 e. The Kier molecular flexibility index (Phi) is 5.07. The van der Waals surface area contributed by atoms with Crippen LogP contribution in [0, 0.1) is 0 Å². The van der Waals surface area contributed by atoms with Gasteiger partial charge in [-0.1, -0.05) is 145 Å². The molecule has 0 atom stereocenters. The van der Waals surface area contributed by atoms with E-state index in [-0.39, 0.29) is 44.7 Å². The van der Waals surface area contributed by atoms with E-state index in [1.807, 2.05) is 121 Å². The minimum absolute atomic E-state index is 0.00393. The molecule has 3 heterocycles. The molecule has 0 aliphatic heterocycles. The van der Waals surface area contributed by atoms with Gasteiger partial charge in [0.15, 0.2) is 17.5 Å². The molecule has 252 valence electrons. The Morgan fingerprint density at radius 3 is 1.83 bits per heavy atom. The molecule has 0 fully saturated rings. The highest BCUT2D eigenvalue weighted by atomic mass is 32.1. The first-order valence-electron chi connectivity index (χ1n) is 22.3. The zero-order valence-electron chi connectivity index (χ0n) is 38.2. The molecule has 54 heavy (non-hydrogen) atoms. The van der Waals surface area contributed by atoms with Crippen LogP contribution in [-0.2, 0) is 0 Å².